The van der Waals surface area contributed by atoms with Crippen LogP contribution in [0.5, 0.6) is 0 Å². The maximum atomic E-state index is 13.6. The number of methoxy groups -OCH3 is 1. The van der Waals surface area contributed by atoms with E-state index in [0.717, 1.165) is 0 Å². The van der Waals surface area contributed by atoms with Gasteiger partial charge in [0.15, 0.2) is 5.82 Å². The van der Waals surface area contributed by atoms with Gasteiger partial charge in [0.05, 0.1) is 36.6 Å². The van der Waals surface area contributed by atoms with Crippen molar-refractivity contribution in [3.63, 3.8) is 0 Å². The van der Waals surface area contributed by atoms with Crippen molar-refractivity contribution in [2.75, 3.05) is 12.8 Å². The minimum absolute atomic E-state index is 0.0110. The smallest absolute Gasteiger partial charge is 0.340 e. The highest BCUT2D eigenvalue weighted by atomic mass is 35.5. The number of rotatable bonds is 1. The molecule has 86 valence electrons. The third-order valence-electron chi connectivity index (χ3n) is 2.51. The molecule has 0 radical (unpaired) electrons. The van der Waals surface area contributed by atoms with Gasteiger partial charge in [-0.25, -0.2) is 9.18 Å². The molecule has 2 N–H and O–H groups in total. The zero-order chi connectivity index (χ0) is 11.9. The van der Waals surface area contributed by atoms with Crippen LogP contribution in [0.25, 0.3) is 0 Å². The highest BCUT2D eigenvalue weighted by Crippen LogP contribution is 2.37. The minimum atomic E-state index is -0.800. The summed E-state index contributed by atoms with van der Waals surface area (Å²) < 4.78 is 23.3. The number of carbonyl (C=O) groups excluding carboxylic acids is 1. The Morgan fingerprint density at radius 1 is 1.50 bits per heavy atom. The Bertz CT molecular complexity index is 476. The molecule has 0 saturated carbocycles. The first kappa shape index (κ1) is 11.2. The van der Waals surface area contributed by atoms with Crippen molar-refractivity contribution >= 4 is 23.3 Å². The van der Waals surface area contributed by atoms with E-state index in [9.17, 15) is 9.18 Å². The number of esters is 1. The molecule has 0 aliphatic carbocycles. The van der Waals surface area contributed by atoms with Gasteiger partial charge in [-0.1, -0.05) is 11.6 Å². The van der Waals surface area contributed by atoms with Crippen LogP contribution < -0.4 is 5.73 Å². The van der Waals surface area contributed by atoms with Crippen LogP contribution >= 0.6 is 11.6 Å². The van der Waals surface area contributed by atoms with Gasteiger partial charge in [-0.15, -0.1) is 0 Å². The fourth-order valence-electron chi connectivity index (χ4n) is 1.71. The number of carbonyl (C=O) groups is 1. The van der Waals surface area contributed by atoms with Crippen LogP contribution in [0, 0.1) is 5.82 Å². The number of ether oxygens (including phenoxy) is 2. The number of hydrogen-bond acceptors (Lipinski definition) is 4. The maximum absolute atomic E-state index is 13.6. The van der Waals surface area contributed by atoms with Crippen LogP contribution in [0.3, 0.4) is 0 Å². The van der Waals surface area contributed by atoms with Crippen molar-refractivity contribution < 1.29 is 18.7 Å². The van der Waals surface area contributed by atoms with Gasteiger partial charge in [0.25, 0.3) is 0 Å². The summed E-state index contributed by atoms with van der Waals surface area (Å²) in [5, 5.41) is -0.0855. The molecule has 2 rings (SSSR count). The first-order valence-electron chi connectivity index (χ1n) is 4.52. The molecular weight excluding hydrogens is 237 g/mol. The molecule has 0 fully saturated rings. The van der Waals surface area contributed by atoms with Gasteiger partial charge in [0.2, 0.25) is 0 Å². The predicted molar refractivity (Wildman–Crippen MR) is 55.7 cm³/mol. The molecule has 1 aliphatic heterocycles. The van der Waals surface area contributed by atoms with E-state index in [0.29, 0.717) is 11.1 Å². The number of fused-ring (bicyclic) bond motifs is 1. The summed E-state index contributed by atoms with van der Waals surface area (Å²) in [5.74, 6) is -1.49. The Labute approximate surface area is 96.1 Å². The molecule has 1 aromatic carbocycles. The van der Waals surface area contributed by atoms with Crippen LogP contribution in [0.1, 0.15) is 21.5 Å². The quantitative estimate of drug-likeness (QED) is 0.606. The summed E-state index contributed by atoms with van der Waals surface area (Å²) in [6.07, 6.45) is 0. The second-order valence-corrected chi connectivity index (χ2v) is 3.74. The van der Waals surface area contributed by atoms with E-state index in [1.807, 2.05) is 0 Å². The van der Waals surface area contributed by atoms with Gasteiger partial charge in [-0.3, -0.25) is 0 Å². The molecule has 1 heterocycles. The standard InChI is InChI=1S/C10H9ClFNO3/c1-15-10(14)6-4-2-16-3-5(4)7(11)8(12)9(6)13/h2-3,13H2,1H3. The van der Waals surface area contributed by atoms with Gasteiger partial charge in [-0.2, -0.15) is 0 Å². The Hall–Kier alpha value is -1.33. The molecule has 0 bridgehead atoms. The van der Waals surface area contributed by atoms with Crippen molar-refractivity contribution in [2.24, 2.45) is 0 Å². The van der Waals surface area contributed by atoms with Gasteiger partial charge >= 0.3 is 5.97 Å². The monoisotopic (exact) mass is 245 g/mol. The number of halogens is 2. The van der Waals surface area contributed by atoms with E-state index in [4.69, 9.17) is 22.1 Å². The van der Waals surface area contributed by atoms with Crippen LogP contribution in [-0.4, -0.2) is 13.1 Å². The Balaban J connectivity index is 2.74. The van der Waals surface area contributed by atoms with E-state index in [2.05, 4.69) is 4.74 Å². The maximum Gasteiger partial charge on any atom is 0.340 e. The average Bonchev–Trinajstić information content (AvgIpc) is 2.74. The van der Waals surface area contributed by atoms with Gasteiger partial charge in [-0.05, 0) is 0 Å². The molecule has 16 heavy (non-hydrogen) atoms. The molecule has 0 saturated heterocycles. The van der Waals surface area contributed by atoms with E-state index >= 15 is 0 Å². The fraction of sp³-hybridized carbons (Fsp3) is 0.300. The summed E-state index contributed by atoms with van der Waals surface area (Å²) in [6.45, 7) is 0.360. The normalized spacial score (nSPS) is 13.7. The molecule has 0 amide bonds. The average molecular weight is 246 g/mol. The highest BCUT2D eigenvalue weighted by Gasteiger charge is 2.29. The lowest BCUT2D eigenvalue weighted by molar-refractivity contribution is 0.0597. The first-order chi connectivity index (χ1) is 7.57. The molecule has 6 heteroatoms. The van der Waals surface area contributed by atoms with E-state index < -0.39 is 11.8 Å². The molecule has 0 atom stereocenters. The van der Waals surface area contributed by atoms with E-state index in [1.165, 1.54) is 7.11 Å². The molecule has 0 aromatic heterocycles. The lowest BCUT2D eigenvalue weighted by Crippen LogP contribution is -2.12. The number of anilines is 1. The van der Waals surface area contributed by atoms with Gasteiger partial charge < -0.3 is 15.2 Å². The molecule has 4 nitrogen and oxygen atoms in total. The number of benzene rings is 1. The predicted octanol–water partition coefficient (Wildman–Crippen LogP) is 1.88. The number of nitrogens with two attached hydrogens (primary N) is 1. The van der Waals surface area contributed by atoms with Crippen molar-refractivity contribution in [1.29, 1.82) is 0 Å². The third kappa shape index (κ3) is 1.44. The summed E-state index contributed by atoms with van der Waals surface area (Å²) in [6, 6.07) is 0. The first-order valence-corrected chi connectivity index (χ1v) is 4.90. The molecule has 1 aliphatic rings. The van der Waals surface area contributed by atoms with Crippen molar-refractivity contribution in [2.45, 2.75) is 13.2 Å². The zero-order valence-corrected chi connectivity index (χ0v) is 9.23. The largest absolute Gasteiger partial charge is 0.465 e. The highest BCUT2D eigenvalue weighted by molar-refractivity contribution is 6.32. The summed E-state index contributed by atoms with van der Waals surface area (Å²) in [7, 11) is 1.20. The molecule has 0 unspecified atom stereocenters. The van der Waals surface area contributed by atoms with Crippen LogP contribution in [0.4, 0.5) is 10.1 Å². The topological polar surface area (TPSA) is 61.5 Å². The van der Waals surface area contributed by atoms with Crippen LogP contribution in [-0.2, 0) is 22.7 Å². The van der Waals surface area contributed by atoms with Crippen molar-refractivity contribution in [3.8, 4) is 0 Å². The zero-order valence-electron chi connectivity index (χ0n) is 8.47. The second kappa shape index (κ2) is 3.92. The lowest BCUT2D eigenvalue weighted by atomic mass is 10.0. The summed E-state index contributed by atoms with van der Waals surface area (Å²) in [4.78, 5) is 11.5. The molecule has 1 aromatic rings. The Kier molecular flexibility index (Phi) is 2.73. The van der Waals surface area contributed by atoms with Gasteiger partial charge in [0.1, 0.15) is 0 Å². The Morgan fingerprint density at radius 3 is 2.75 bits per heavy atom. The molecule has 0 spiro atoms. The van der Waals surface area contributed by atoms with Crippen LogP contribution in [0.2, 0.25) is 5.02 Å². The molecular formula is C10H9ClFNO3. The van der Waals surface area contributed by atoms with Gasteiger partial charge in [0, 0.05) is 11.1 Å². The Morgan fingerprint density at radius 2 is 2.12 bits per heavy atom. The number of hydrogen-bond donors (Lipinski definition) is 1. The fourth-order valence-corrected chi connectivity index (χ4v) is 1.98. The number of nitrogen functional groups attached to an aromatic ring is 1. The lowest BCUT2D eigenvalue weighted by Gasteiger charge is -2.11. The van der Waals surface area contributed by atoms with Crippen molar-refractivity contribution in [1.82, 2.24) is 0 Å². The van der Waals surface area contributed by atoms with E-state index in [1.54, 1.807) is 0 Å². The minimum Gasteiger partial charge on any atom is -0.465 e. The second-order valence-electron chi connectivity index (χ2n) is 3.36. The van der Waals surface area contributed by atoms with E-state index in [-0.39, 0.29) is 29.5 Å². The third-order valence-corrected chi connectivity index (χ3v) is 2.91. The summed E-state index contributed by atoms with van der Waals surface area (Å²) in [5.41, 5.74) is 6.21. The SMILES string of the molecule is COC(=O)c1c(N)c(F)c(Cl)c2c1COC2. The van der Waals surface area contributed by atoms with Crippen molar-refractivity contribution in [3.05, 3.63) is 27.5 Å². The summed E-state index contributed by atoms with van der Waals surface area (Å²) >= 11 is 5.78. The van der Waals surface area contributed by atoms with Crippen LogP contribution in [0.15, 0.2) is 0 Å².